The lowest BCUT2D eigenvalue weighted by Gasteiger charge is -2.17. The first-order chi connectivity index (χ1) is 10.6. The smallest absolute Gasteiger partial charge is 0.256 e. The topological polar surface area (TPSA) is 102 Å². The summed E-state index contributed by atoms with van der Waals surface area (Å²) in [4.78, 5) is 29.5. The van der Waals surface area contributed by atoms with Crippen LogP contribution in [0.1, 0.15) is 37.0 Å². The molecule has 2 aromatic heterocycles. The van der Waals surface area contributed by atoms with Gasteiger partial charge in [0.25, 0.3) is 5.91 Å². The molecule has 2 N–H and O–H groups in total. The Morgan fingerprint density at radius 2 is 2.09 bits per heavy atom. The van der Waals surface area contributed by atoms with Gasteiger partial charge in [0.1, 0.15) is 11.3 Å². The quantitative estimate of drug-likeness (QED) is 0.879. The summed E-state index contributed by atoms with van der Waals surface area (Å²) >= 11 is 0. The van der Waals surface area contributed by atoms with Gasteiger partial charge in [-0.1, -0.05) is 18.1 Å². The molecule has 0 aromatic carbocycles. The van der Waals surface area contributed by atoms with E-state index >= 15 is 0 Å². The number of primary amides is 1. The summed E-state index contributed by atoms with van der Waals surface area (Å²) < 4.78 is 5.25. The van der Waals surface area contributed by atoms with Crippen LogP contribution >= 0.6 is 0 Å². The zero-order valence-electron chi connectivity index (χ0n) is 12.6. The number of hydrogen-bond donors (Lipinski definition) is 1. The van der Waals surface area contributed by atoms with Crippen molar-refractivity contribution < 1.29 is 14.1 Å². The molecule has 2 aromatic rings. The van der Waals surface area contributed by atoms with E-state index in [4.69, 9.17) is 10.3 Å². The molecule has 7 nitrogen and oxygen atoms in total. The number of anilines is 1. The molecule has 0 fully saturated rings. The molecular formula is C15H18N4O3. The fourth-order valence-corrected chi connectivity index (χ4v) is 2.15. The van der Waals surface area contributed by atoms with Crippen LogP contribution in [0.3, 0.4) is 0 Å². The van der Waals surface area contributed by atoms with Crippen molar-refractivity contribution in [3.63, 3.8) is 0 Å². The third-order valence-corrected chi connectivity index (χ3v) is 3.15. The normalized spacial score (nSPS) is 10.5. The van der Waals surface area contributed by atoms with Crippen LogP contribution in [-0.4, -0.2) is 28.5 Å². The number of amides is 2. The van der Waals surface area contributed by atoms with Gasteiger partial charge < -0.3 is 10.3 Å². The van der Waals surface area contributed by atoms with Crippen LogP contribution in [0.5, 0.6) is 0 Å². The van der Waals surface area contributed by atoms with E-state index in [9.17, 15) is 9.59 Å². The number of aromatic nitrogens is 2. The molecule has 0 saturated carbocycles. The maximum absolute atomic E-state index is 12.2. The molecule has 116 valence electrons. The Balaban J connectivity index is 2.51. The first kappa shape index (κ1) is 15.7. The van der Waals surface area contributed by atoms with Crippen molar-refractivity contribution in [1.82, 2.24) is 10.1 Å². The Kier molecular flexibility index (Phi) is 4.88. The molecule has 7 heteroatoms. The van der Waals surface area contributed by atoms with Gasteiger partial charge in [0.15, 0.2) is 0 Å². The number of carbonyl (C=O) groups is 2. The molecule has 0 aliphatic rings. The van der Waals surface area contributed by atoms with Gasteiger partial charge in [0.05, 0.1) is 5.69 Å². The molecule has 22 heavy (non-hydrogen) atoms. The molecule has 2 rings (SSSR count). The third kappa shape index (κ3) is 2.98. The standard InChI is InChI=1S/C15H18N4O3/c1-3-7-11(20)19(4-2)15-12(14(16)21)13(18-22-15)10-8-5-6-9-17-10/h5-6,8-9H,3-4,7H2,1-2H3,(H2,16,21). The highest BCUT2D eigenvalue weighted by atomic mass is 16.5. The first-order valence-corrected chi connectivity index (χ1v) is 7.11. The van der Waals surface area contributed by atoms with Gasteiger partial charge in [-0.25, -0.2) is 0 Å². The highest BCUT2D eigenvalue weighted by molar-refractivity contribution is 6.06. The summed E-state index contributed by atoms with van der Waals surface area (Å²) in [5.74, 6) is -0.773. The van der Waals surface area contributed by atoms with Crippen molar-refractivity contribution in [2.24, 2.45) is 5.73 Å². The lowest BCUT2D eigenvalue weighted by atomic mass is 10.1. The van der Waals surface area contributed by atoms with Gasteiger partial charge in [0.2, 0.25) is 11.8 Å². The Morgan fingerprint density at radius 3 is 2.64 bits per heavy atom. The van der Waals surface area contributed by atoms with E-state index in [1.165, 1.54) is 4.90 Å². The number of hydrogen-bond acceptors (Lipinski definition) is 5. The molecule has 0 spiro atoms. The van der Waals surface area contributed by atoms with Crippen molar-refractivity contribution in [3.05, 3.63) is 30.0 Å². The second kappa shape index (κ2) is 6.84. The number of pyridine rings is 1. The van der Waals surface area contributed by atoms with Crippen LogP contribution < -0.4 is 10.6 Å². The summed E-state index contributed by atoms with van der Waals surface area (Å²) in [6, 6.07) is 5.21. The molecule has 2 heterocycles. The molecule has 0 saturated heterocycles. The average molecular weight is 302 g/mol. The van der Waals surface area contributed by atoms with E-state index in [-0.39, 0.29) is 23.0 Å². The third-order valence-electron chi connectivity index (χ3n) is 3.15. The zero-order valence-corrected chi connectivity index (χ0v) is 12.6. The minimum atomic E-state index is -0.709. The van der Waals surface area contributed by atoms with Gasteiger partial charge in [0, 0.05) is 19.2 Å². The van der Waals surface area contributed by atoms with Crippen molar-refractivity contribution in [2.45, 2.75) is 26.7 Å². The van der Waals surface area contributed by atoms with E-state index in [1.807, 2.05) is 6.92 Å². The van der Waals surface area contributed by atoms with E-state index in [0.29, 0.717) is 25.1 Å². The molecule has 0 aliphatic heterocycles. The highest BCUT2D eigenvalue weighted by Gasteiger charge is 2.28. The average Bonchev–Trinajstić information content (AvgIpc) is 2.94. The van der Waals surface area contributed by atoms with Crippen LogP contribution in [0, 0.1) is 0 Å². The fourth-order valence-electron chi connectivity index (χ4n) is 2.15. The predicted molar refractivity (Wildman–Crippen MR) is 81.2 cm³/mol. The largest absolute Gasteiger partial charge is 0.365 e. The van der Waals surface area contributed by atoms with E-state index in [0.717, 1.165) is 0 Å². The minimum Gasteiger partial charge on any atom is -0.365 e. The zero-order chi connectivity index (χ0) is 16.1. The Bertz CT molecular complexity index is 667. The predicted octanol–water partition coefficient (Wildman–Crippen LogP) is 1.99. The number of nitrogens with two attached hydrogens (primary N) is 1. The van der Waals surface area contributed by atoms with E-state index in [2.05, 4.69) is 10.1 Å². The summed E-state index contributed by atoms with van der Waals surface area (Å²) in [6.45, 7) is 4.05. The van der Waals surface area contributed by atoms with Crippen molar-refractivity contribution in [3.8, 4) is 11.4 Å². The van der Waals surface area contributed by atoms with E-state index in [1.54, 1.807) is 31.3 Å². The second-order valence-corrected chi connectivity index (χ2v) is 4.68. The molecule has 0 atom stereocenters. The molecule has 0 radical (unpaired) electrons. The monoisotopic (exact) mass is 302 g/mol. The summed E-state index contributed by atoms with van der Waals surface area (Å²) in [7, 11) is 0. The Hall–Kier alpha value is -2.70. The van der Waals surface area contributed by atoms with E-state index < -0.39 is 5.91 Å². The fraction of sp³-hybridized carbons (Fsp3) is 0.333. The second-order valence-electron chi connectivity index (χ2n) is 4.68. The lowest BCUT2D eigenvalue weighted by Crippen LogP contribution is -2.31. The molecule has 0 unspecified atom stereocenters. The molecule has 0 bridgehead atoms. The van der Waals surface area contributed by atoms with Gasteiger partial charge >= 0.3 is 0 Å². The van der Waals surface area contributed by atoms with Gasteiger partial charge in [-0.05, 0) is 25.5 Å². The maximum Gasteiger partial charge on any atom is 0.256 e. The maximum atomic E-state index is 12.2. The Morgan fingerprint density at radius 1 is 1.32 bits per heavy atom. The number of carbonyl (C=O) groups excluding carboxylic acids is 2. The van der Waals surface area contributed by atoms with Crippen LogP contribution in [0.4, 0.5) is 5.88 Å². The van der Waals surface area contributed by atoms with Crippen molar-refractivity contribution in [2.75, 3.05) is 11.4 Å². The molecular weight excluding hydrogens is 284 g/mol. The summed E-state index contributed by atoms with van der Waals surface area (Å²) in [6.07, 6.45) is 2.63. The SMILES string of the molecule is CCCC(=O)N(CC)c1onc(-c2ccccn2)c1C(N)=O. The lowest BCUT2D eigenvalue weighted by molar-refractivity contribution is -0.118. The Labute approximate surface area is 128 Å². The summed E-state index contributed by atoms with van der Waals surface area (Å²) in [5, 5.41) is 3.89. The van der Waals surface area contributed by atoms with Crippen LogP contribution in [0.25, 0.3) is 11.4 Å². The van der Waals surface area contributed by atoms with Crippen LogP contribution in [-0.2, 0) is 4.79 Å². The number of nitrogens with zero attached hydrogens (tertiary/aromatic N) is 3. The van der Waals surface area contributed by atoms with Crippen LogP contribution in [0.15, 0.2) is 28.9 Å². The van der Waals surface area contributed by atoms with Gasteiger partial charge in [-0.3, -0.25) is 19.5 Å². The van der Waals surface area contributed by atoms with Crippen molar-refractivity contribution >= 4 is 17.7 Å². The molecule has 0 aliphatic carbocycles. The molecule has 2 amide bonds. The van der Waals surface area contributed by atoms with Crippen LogP contribution in [0.2, 0.25) is 0 Å². The minimum absolute atomic E-state index is 0.0741. The van der Waals surface area contributed by atoms with Gasteiger partial charge in [-0.2, -0.15) is 0 Å². The number of rotatable bonds is 6. The summed E-state index contributed by atoms with van der Waals surface area (Å²) in [5.41, 5.74) is 6.24. The first-order valence-electron chi connectivity index (χ1n) is 7.11. The van der Waals surface area contributed by atoms with Gasteiger partial charge in [-0.15, -0.1) is 0 Å². The highest BCUT2D eigenvalue weighted by Crippen LogP contribution is 2.30. The van der Waals surface area contributed by atoms with Crippen molar-refractivity contribution in [1.29, 1.82) is 0 Å².